The largest absolute Gasteiger partial charge is 0.395 e. The minimum absolute atomic E-state index is 0.272. The Morgan fingerprint density at radius 1 is 1.10 bits per heavy atom. The van der Waals surface area contributed by atoms with Crippen molar-refractivity contribution < 1.29 is 5.11 Å². The van der Waals surface area contributed by atoms with E-state index in [2.05, 4.69) is 30.7 Å². The van der Waals surface area contributed by atoms with Gasteiger partial charge in [0.2, 0.25) is 0 Å². The van der Waals surface area contributed by atoms with Crippen molar-refractivity contribution in [1.82, 2.24) is 9.80 Å². The van der Waals surface area contributed by atoms with Crippen LogP contribution >= 0.6 is 0 Å². The van der Waals surface area contributed by atoms with E-state index in [1.165, 1.54) is 38.8 Å². The summed E-state index contributed by atoms with van der Waals surface area (Å²) in [5, 5.41) is 8.88. The van der Waals surface area contributed by atoms with Gasteiger partial charge in [-0.3, -0.25) is 0 Å². The molecule has 0 radical (unpaired) electrons. The summed E-state index contributed by atoms with van der Waals surface area (Å²) in [7, 11) is 2.10. The van der Waals surface area contributed by atoms with Gasteiger partial charge < -0.3 is 14.9 Å². The van der Waals surface area contributed by atoms with Crippen LogP contribution in [0.25, 0.3) is 0 Å². The van der Waals surface area contributed by atoms with Crippen LogP contribution in [0.2, 0.25) is 0 Å². The molecular weight excluding hydrogens is 260 g/mol. The zero-order valence-corrected chi connectivity index (χ0v) is 15.9. The first-order valence-corrected chi connectivity index (χ1v) is 9.20. The normalized spacial score (nSPS) is 17.6. The number of aliphatic hydroxyl groups is 1. The average Bonchev–Trinajstić information content (AvgIpc) is 2.54. The van der Waals surface area contributed by atoms with Crippen molar-refractivity contribution in [3.63, 3.8) is 0 Å². The molecule has 0 bridgehead atoms. The second-order valence-corrected chi connectivity index (χ2v) is 5.60. The Bertz CT molecular complexity index is 192. The van der Waals surface area contributed by atoms with Crippen molar-refractivity contribution in [2.75, 3.05) is 39.8 Å². The SMILES string of the molecule is CC.CC.CCC(CCN(C)CCO)N1CCC(C)CC1. The smallest absolute Gasteiger partial charge is 0.0558 e. The van der Waals surface area contributed by atoms with Gasteiger partial charge in [-0.25, -0.2) is 0 Å². The van der Waals surface area contributed by atoms with Crippen molar-refractivity contribution in [2.24, 2.45) is 5.92 Å². The van der Waals surface area contributed by atoms with Crippen LogP contribution in [0.4, 0.5) is 0 Å². The highest BCUT2D eigenvalue weighted by atomic mass is 16.3. The fourth-order valence-electron chi connectivity index (χ4n) is 2.69. The van der Waals surface area contributed by atoms with E-state index in [9.17, 15) is 0 Å². The highest BCUT2D eigenvalue weighted by Gasteiger charge is 2.21. The molecule has 21 heavy (non-hydrogen) atoms. The van der Waals surface area contributed by atoms with Gasteiger partial charge >= 0.3 is 0 Å². The topological polar surface area (TPSA) is 26.7 Å². The maximum Gasteiger partial charge on any atom is 0.0558 e. The van der Waals surface area contributed by atoms with Crippen molar-refractivity contribution in [2.45, 2.75) is 73.3 Å². The van der Waals surface area contributed by atoms with Gasteiger partial charge in [-0.1, -0.05) is 41.5 Å². The van der Waals surface area contributed by atoms with Gasteiger partial charge in [0.05, 0.1) is 6.61 Å². The Balaban J connectivity index is 0. The molecule has 1 aliphatic heterocycles. The van der Waals surface area contributed by atoms with Crippen LogP contribution in [0.15, 0.2) is 0 Å². The molecular formula is C18H42N2O. The quantitative estimate of drug-likeness (QED) is 0.773. The number of rotatable bonds is 7. The summed E-state index contributed by atoms with van der Waals surface area (Å²) in [5.74, 6) is 0.917. The summed E-state index contributed by atoms with van der Waals surface area (Å²) in [5.41, 5.74) is 0. The third kappa shape index (κ3) is 11.1. The molecule has 1 N–H and O–H groups in total. The van der Waals surface area contributed by atoms with Gasteiger partial charge in [-0.15, -0.1) is 0 Å². The van der Waals surface area contributed by atoms with E-state index in [0.29, 0.717) is 0 Å². The molecule has 130 valence electrons. The number of aliphatic hydroxyl groups excluding tert-OH is 1. The molecule has 0 aliphatic carbocycles. The number of likely N-dealkylation sites (tertiary alicyclic amines) is 1. The molecule has 0 aromatic heterocycles. The number of hydrogen-bond acceptors (Lipinski definition) is 3. The lowest BCUT2D eigenvalue weighted by molar-refractivity contribution is 0.117. The molecule has 0 saturated carbocycles. The van der Waals surface area contributed by atoms with Gasteiger partial charge in [0.25, 0.3) is 0 Å². The second-order valence-electron chi connectivity index (χ2n) is 5.60. The van der Waals surface area contributed by atoms with E-state index < -0.39 is 0 Å². The van der Waals surface area contributed by atoms with Gasteiger partial charge in [0.15, 0.2) is 0 Å². The van der Waals surface area contributed by atoms with Crippen LogP contribution in [0, 0.1) is 5.92 Å². The summed E-state index contributed by atoms with van der Waals surface area (Å²) in [6.07, 6.45) is 5.22. The monoisotopic (exact) mass is 302 g/mol. The van der Waals surface area contributed by atoms with Gasteiger partial charge in [-0.05, 0) is 58.3 Å². The molecule has 1 aliphatic rings. The molecule has 1 heterocycles. The maximum atomic E-state index is 8.88. The maximum absolute atomic E-state index is 8.88. The van der Waals surface area contributed by atoms with E-state index in [4.69, 9.17) is 5.11 Å². The molecule has 1 rings (SSSR count). The van der Waals surface area contributed by atoms with Crippen molar-refractivity contribution in [3.8, 4) is 0 Å². The number of hydrogen-bond donors (Lipinski definition) is 1. The lowest BCUT2D eigenvalue weighted by Gasteiger charge is -2.37. The molecule has 3 nitrogen and oxygen atoms in total. The second kappa shape index (κ2) is 16.3. The van der Waals surface area contributed by atoms with Crippen molar-refractivity contribution in [1.29, 1.82) is 0 Å². The zero-order chi connectivity index (χ0) is 16.7. The summed E-state index contributed by atoms with van der Waals surface area (Å²) in [4.78, 5) is 4.90. The van der Waals surface area contributed by atoms with E-state index >= 15 is 0 Å². The van der Waals surface area contributed by atoms with Crippen molar-refractivity contribution in [3.05, 3.63) is 0 Å². The Morgan fingerprint density at radius 2 is 1.62 bits per heavy atom. The lowest BCUT2D eigenvalue weighted by Crippen LogP contribution is -2.42. The minimum Gasteiger partial charge on any atom is -0.395 e. The molecule has 1 atom stereocenters. The molecule has 0 aromatic rings. The van der Waals surface area contributed by atoms with E-state index in [-0.39, 0.29) is 6.61 Å². The Morgan fingerprint density at radius 3 is 2.05 bits per heavy atom. The van der Waals surface area contributed by atoms with Crippen LogP contribution in [0.1, 0.15) is 67.2 Å². The van der Waals surface area contributed by atoms with Gasteiger partial charge in [-0.2, -0.15) is 0 Å². The fourth-order valence-corrected chi connectivity index (χ4v) is 2.69. The van der Waals surface area contributed by atoms with Crippen LogP contribution in [-0.2, 0) is 0 Å². The third-order valence-electron chi connectivity index (χ3n) is 4.13. The van der Waals surface area contributed by atoms with Gasteiger partial charge in [0.1, 0.15) is 0 Å². The molecule has 0 aromatic carbocycles. The Labute approximate surface area is 134 Å². The predicted molar refractivity (Wildman–Crippen MR) is 95.9 cm³/mol. The Kier molecular flexibility index (Phi) is 17.9. The summed E-state index contributed by atoms with van der Waals surface area (Å²) < 4.78 is 0. The Hall–Kier alpha value is -0.120. The van der Waals surface area contributed by atoms with Crippen LogP contribution in [0.3, 0.4) is 0 Å². The molecule has 1 unspecified atom stereocenters. The van der Waals surface area contributed by atoms with Gasteiger partial charge in [0, 0.05) is 12.6 Å². The number of piperidine rings is 1. The molecule has 3 heteroatoms. The first-order valence-electron chi connectivity index (χ1n) is 9.20. The predicted octanol–water partition coefficient (Wildman–Crippen LogP) is 3.86. The van der Waals surface area contributed by atoms with E-state index in [1.54, 1.807) is 0 Å². The standard InChI is InChI=1S/C14H30N2O.2C2H6/c1-4-14(7-8-15(3)11-12-17)16-9-5-13(2)6-10-16;2*1-2/h13-14,17H,4-12H2,1-3H3;2*1-2H3. The number of nitrogens with zero attached hydrogens (tertiary/aromatic N) is 2. The molecule has 1 saturated heterocycles. The van der Waals surface area contributed by atoms with Crippen LogP contribution in [0.5, 0.6) is 0 Å². The summed E-state index contributed by atoms with van der Waals surface area (Å²) >= 11 is 0. The first kappa shape index (κ1) is 23.2. The number of likely N-dealkylation sites (N-methyl/N-ethyl adjacent to an activating group) is 1. The highest BCUT2D eigenvalue weighted by molar-refractivity contribution is 4.77. The molecule has 0 spiro atoms. The lowest BCUT2D eigenvalue weighted by atomic mass is 9.96. The minimum atomic E-state index is 0.272. The zero-order valence-electron chi connectivity index (χ0n) is 15.9. The van der Waals surface area contributed by atoms with Crippen LogP contribution < -0.4 is 0 Å². The van der Waals surface area contributed by atoms with Crippen molar-refractivity contribution >= 4 is 0 Å². The molecule has 1 fully saturated rings. The third-order valence-corrected chi connectivity index (χ3v) is 4.13. The first-order chi connectivity index (χ1) is 10.2. The van der Waals surface area contributed by atoms with E-state index in [0.717, 1.165) is 25.0 Å². The average molecular weight is 303 g/mol. The fraction of sp³-hybridized carbons (Fsp3) is 1.00. The summed E-state index contributed by atoms with van der Waals surface area (Å²) in [6.45, 7) is 17.4. The van der Waals surface area contributed by atoms with E-state index in [1.807, 2.05) is 27.7 Å². The van der Waals surface area contributed by atoms with Crippen LogP contribution in [-0.4, -0.2) is 60.8 Å². The highest BCUT2D eigenvalue weighted by Crippen LogP contribution is 2.20. The summed E-state index contributed by atoms with van der Waals surface area (Å²) in [6, 6.07) is 0.739. The molecule has 0 amide bonds.